The first kappa shape index (κ1) is 20.6. The molecular formula is C20H20ClF3N2O2. The molecule has 0 bridgehead atoms. The molecule has 2 atom stereocenters. The zero-order chi connectivity index (χ0) is 20.5. The van der Waals surface area contributed by atoms with Gasteiger partial charge in [-0.1, -0.05) is 30.7 Å². The van der Waals surface area contributed by atoms with Crippen LogP contribution in [0.4, 0.5) is 13.2 Å². The van der Waals surface area contributed by atoms with Crippen molar-refractivity contribution in [1.82, 2.24) is 9.88 Å². The lowest BCUT2D eigenvalue weighted by Gasteiger charge is -2.31. The molecule has 2 aromatic rings. The molecular weight excluding hydrogens is 393 g/mol. The Morgan fingerprint density at radius 1 is 1.36 bits per heavy atom. The molecule has 1 aliphatic heterocycles. The SMILES string of the molecule is CCc1ccc(C(c2ccc(Cl)c(C(F)(F)F)c2)N2CCCC2C(=O)O)nc1. The van der Waals surface area contributed by atoms with E-state index < -0.39 is 29.8 Å². The molecule has 28 heavy (non-hydrogen) atoms. The van der Waals surface area contributed by atoms with Gasteiger partial charge in [-0.05, 0) is 48.6 Å². The molecule has 150 valence electrons. The lowest BCUT2D eigenvalue weighted by molar-refractivity contribution is -0.143. The highest BCUT2D eigenvalue weighted by molar-refractivity contribution is 6.31. The number of carboxylic acids is 1. The van der Waals surface area contributed by atoms with E-state index in [2.05, 4.69) is 4.98 Å². The molecule has 0 amide bonds. The Morgan fingerprint density at radius 2 is 2.11 bits per heavy atom. The molecule has 4 nitrogen and oxygen atoms in total. The minimum atomic E-state index is -4.60. The summed E-state index contributed by atoms with van der Waals surface area (Å²) < 4.78 is 40.1. The molecule has 8 heteroatoms. The number of hydrogen-bond donors (Lipinski definition) is 1. The molecule has 0 saturated carbocycles. The minimum Gasteiger partial charge on any atom is -0.480 e. The summed E-state index contributed by atoms with van der Waals surface area (Å²) in [6.45, 7) is 2.44. The van der Waals surface area contributed by atoms with E-state index in [1.54, 1.807) is 17.2 Å². The average Bonchev–Trinajstić information content (AvgIpc) is 3.12. The predicted molar refractivity (Wildman–Crippen MR) is 99.3 cm³/mol. The van der Waals surface area contributed by atoms with Gasteiger partial charge in [0.15, 0.2) is 0 Å². The number of nitrogens with zero attached hydrogens (tertiary/aromatic N) is 2. The van der Waals surface area contributed by atoms with Gasteiger partial charge in [-0.15, -0.1) is 0 Å². The van der Waals surface area contributed by atoms with Crippen LogP contribution in [-0.4, -0.2) is 33.5 Å². The molecule has 1 aliphatic rings. The minimum absolute atomic E-state index is 0.321. The van der Waals surface area contributed by atoms with Crippen molar-refractivity contribution in [3.63, 3.8) is 0 Å². The van der Waals surface area contributed by atoms with E-state index in [1.807, 2.05) is 13.0 Å². The third-order valence-electron chi connectivity index (χ3n) is 5.06. The number of benzene rings is 1. The number of aliphatic carboxylic acids is 1. The summed E-state index contributed by atoms with van der Waals surface area (Å²) in [4.78, 5) is 17.8. The van der Waals surface area contributed by atoms with Gasteiger partial charge in [-0.3, -0.25) is 14.7 Å². The van der Waals surface area contributed by atoms with E-state index in [0.717, 1.165) is 18.1 Å². The molecule has 1 aromatic heterocycles. The topological polar surface area (TPSA) is 53.4 Å². The number of carbonyl (C=O) groups is 1. The molecule has 0 spiro atoms. The number of hydrogen-bond acceptors (Lipinski definition) is 3. The predicted octanol–water partition coefficient (Wildman–Crippen LogP) is 4.95. The van der Waals surface area contributed by atoms with E-state index in [9.17, 15) is 23.1 Å². The highest BCUT2D eigenvalue weighted by Crippen LogP contribution is 2.40. The summed E-state index contributed by atoms with van der Waals surface area (Å²) in [5, 5.41) is 9.18. The molecule has 2 heterocycles. The first-order valence-corrected chi connectivity index (χ1v) is 9.40. The summed E-state index contributed by atoms with van der Waals surface area (Å²) in [5.74, 6) is -0.988. The highest BCUT2D eigenvalue weighted by atomic mass is 35.5. The molecule has 1 N–H and O–H groups in total. The number of likely N-dealkylation sites (tertiary alicyclic amines) is 1. The first-order valence-electron chi connectivity index (χ1n) is 9.02. The standard InChI is InChI=1S/C20H20ClF3N2O2/c1-2-12-5-8-16(25-11-12)18(26-9-3-4-17(26)19(27)28)13-6-7-15(21)14(10-13)20(22,23)24/h5-8,10-11,17-18H,2-4,9H2,1H3,(H,27,28). The zero-order valence-electron chi connectivity index (χ0n) is 15.2. The molecule has 3 rings (SSSR count). The fraction of sp³-hybridized carbons (Fsp3) is 0.400. The van der Waals surface area contributed by atoms with Crippen LogP contribution in [0.3, 0.4) is 0 Å². The maximum Gasteiger partial charge on any atom is 0.417 e. The first-order chi connectivity index (χ1) is 13.2. The van der Waals surface area contributed by atoms with E-state index >= 15 is 0 Å². The number of aromatic nitrogens is 1. The van der Waals surface area contributed by atoms with Crippen molar-refractivity contribution in [2.24, 2.45) is 0 Å². The maximum atomic E-state index is 13.4. The summed E-state index contributed by atoms with van der Waals surface area (Å²) in [6, 6.07) is 5.85. The van der Waals surface area contributed by atoms with Crippen molar-refractivity contribution in [1.29, 1.82) is 0 Å². The third-order valence-corrected chi connectivity index (χ3v) is 5.39. The molecule has 0 radical (unpaired) electrons. The molecule has 2 unspecified atom stereocenters. The highest BCUT2D eigenvalue weighted by Gasteiger charge is 2.39. The fourth-order valence-corrected chi connectivity index (χ4v) is 3.86. The number of aryl methyl sites for hydroxylation is 1. The van der Waals surface area contributed by atoms with Gasteiger partial charge in [0.05, 0.1) is 22.3 Å². The van der Waals surface area contributed by atoms with Crippen LogP contribution in [0.25, 0.3) is 0 Å². The Morgan fingerprint density at radius 3 is 2.68 bits per heavy atom. The quantitative estimate of drug-likeness (QED) is 0.754. The van der Waals surface area contributed by atoms with Crippen LogP contribution in [0.15, 0.2) is 36.5 Å². The van der Waals surface area contributed by atoms with Crippen LogP contribution in [0.5, 0.6) is 0 Å². The zero-order valence-corrected chi connectivity index (χ0v) is 16.0. The Labute approximate surface area is 166 Å². The molecule has 1 saturated heterocycles. The van der Waals surface area contributed by atoms with Crippen LogP contribution in [0, 0.1) is 0 Å². The van der Waals surface area contributed by atoms with Gasteiger partial charge in [-0.25, -0.2) is 0 Å². The van der Waals surface area contributed by atoms with Gasteiger partial charge in [0.1, 0.15) is 6.04 Å². The Hall–Kier alpha value is -2.12. The van der Waals surface area contributed by atoms with Crippen molar-refractivity contribution < 1.29 is 23.1 Å². The molecule has 1 fully saturated rings. The Kier molecular flexibility index (Phi) is 5.95. The largest absolute Gasteiger partial charge is 0.480 e. The van der Waals surface area contributed by atoms with Crippen LogP contribution in [0.2, 0.25) is 5.02 Å². The van der Waals surface area contributed by atoms with Gasteiger partial charge >= 0.3 is 12.1 Å². The summed E-state index contributed by atoms with van der Waals surface area (Å²) in [6.07, 6.45) is -1.06. The summed E-state index contributed by atoms with van der Waals surface area (Å²) in [7, 11) is 0. The summed E-state index contributed by atoms with van der Waals surface area (Å²) >= 11 is 5.77. The van der Waals surface area contributed by atoms with Gasteiger partial charge in [0, 0.05) is 12.7 Å². The number of rotatable bonds is 5. The van der Waals surface area contributed by atoms with Crippen LogP contribution in [-0.2, 0) is 17.4 Å². The van der Waals surface area contributed by atoms with Crippen LogP contribution in [0.1, 0.15) is 48.2 Å². The van der Waals surface area contributed by atoms with Crippen molar-refractivity contribution in [2.45, 2.75) is 44.4 Å². The van der Waals surface area contributed by atoms with E-state index in [4.69, 9.17) is 11.6 Å². The van der Waals surface area contributed by atoms with E-state index in [1.165, 1.54) is 12.1 Å². The second kappa shape index (κ2) is 8.09. The van der Waals surface area contributed by atoms with E-state index in [-0.39, 0.29) is 5.02 Å². The van der Waals surface area contributed by atoms with Gasteiger partial charge in [0.25, 0.3) is 0 Å². The number of pyridine rings is 1. The molecule has 1 aromatic carbocycles. The van der Waals surface area contributed by atoms with E-state index in [0.29, 0.717) is 30.6 Å². The van der Waals surface area contributed by atoms with Gasteiger partial charge < -0.3 is 5.11 Å². The van der Waals surface area contributed by atoms with Crippen LogP contribution < -0.4 is 0 Å². The van der Waals surface area contributed by atoms with Crippen molar-refractivity contribution in [3.05, 3.63) is 63.9 Å². The average molecular weight is 413 g/mol. The lowest BCUT2D eigenvalue weighted by Crippen LogP contribution is -2.39. The monoisotopic (exact) mass is 412 g/mol. The fourth-order valence-electron chi connectivity index (χ4n) is 3.63. The normalized spacial score (nSPS) is 19.0. The second-order valence-electron chi connectivity index (χ2n) is 6.82. The van der Waals surface area contributed by atoms with Crippen molar-refractivity contribution in [2.75, 3.05) is 6.54 Å². The smallest absolute Gasteiger partial charge is 0.417 e. The van der Waals surface area contributed by atoms with Crippen LogP contribution >= 0.6 is 11.6 Å². The van der Waals surface area contributed by atoms with Crippen molar-refractivity contribution >= 4 is 17.6 Å². The van der Waals surface area contributed by atoms with Gasteiger partial charge in [-0.2, -0.15) is 13.2 Å². The number of alkyl halides is 3. The maximum absolute atomic E-state index is 13.4. The third kappa shape index (κ3) is 4.15. The Bertz CT molecular complexity index is 856. The summed E-state index contributed by atoms with van der Waals surface area (Å²) in [5.41, 5.74) is 0.890. The Balaban J connectivity index is 2.12. The van der Waals surface area contributed by atoms with Crippen molar-refractivity contribution in [3.8, 4) is 0 Å². The van der Waals surface area contributed by atoms with Gasteiger partial charge in [0.2, 0.25) is 0 Å². The molecule has 0 aliphatic carbocycles. The second-order valence-corrected chi connectivity index (χ2v) is 7.23. The lowest BCUT2D eigenvalue weighted by atomic mass is 9.97. The number of carboxylic acid groups (broad SMARTS) is 1. The number of halogens is 4.